The summed E-state index contributed by atoms with van der Waals surface area (Å²) in [5, 5.41) is 6.23. The van der Waals surface area contributed by atoms with Crippen molar-refractivity contribution in [2.24, 2.45) is 5.92 Å². The Kier molecular flexibility index (Phi) is 6.61. The van der Waals surface area contributed by atoms with E-state index in [1.165, 1.54) is 0 Å². The Morgan fingerprint density at radius 3 is 2.80 bits per heavy atom. The SMILES string of the molecule is COc1ccc(C(=O)NCC2CCNC2)c(OC)c1.Cl. The summed E-state index contributed by atoms with van der Waals surface area (Å²) in [6.07, 6.45) is 1.11. The molecule has 1 amide bonds. The van der Waals surface area contributed by atoms with E-state index in [0.717, 1.165) is 19.5 Å². The third kappa shape index (κ3) is 4.02. The third-order valence-corrected chi connectivity index (χ3v) is 3.37. The highest BCUT2D eigenvalue weighted by atomic mass is 35.5. The average molecular weight is 301 g/mol. The van der Waals surface area contributed by atoms with Gasteiger partial charge in [-0.3, -0.25) is 4.79 Å². The Morgan fingerprint density at radius 2 is 2.20 bits per heavy atom. The highest BCUT2D eigenvalue weighted by molar-refractivity contribution is 5.97. The van der Waals surface area contributed by atoms with Crippen molar-refractivity contribution in [2.75, 3.05) is 33.9 Å². The van der Waals surface area contributed by atoms with E-state index in [1.807, 2.05) is 0 Å². The van der Waals surface area contributed by atoms with Crippen LogP contribution in [0.5, 0.6) is 11.5 Å². The number of amides is 1. The van der Waals surface area contributed by atoms with Gasteiger partial charge in [-0.15, -0.1) is 12.4 Å². The van der Waals surface area contributed by atoms with Gasteiger partial charge in [-0.1, -0.05) is 0 Å². The lowest BCUT2D eigenvalue weighted by atomic mass is 10.1. The summed E-state index contributed by atoms with van der Waals surface area (Å²) in [4.78, 5) is 12.1. The van der Waals surface area contributed by atoms with Gasteiger partial charge in [0.1, 0.15) is 11.5 Å². The minimum Gasteiger partial charge on any atom is -0.497 e. The van der Waals surface area contributed by atoms with Crippen LogP contribution in [0.1, 0.15) is 16.8 Å². The second kappa shape index (κ2) is 7.97. The van der Waals surface area contributed by atoms with Crippen LogP contribution >= 0.6 is 12.4 Å². The van der Waals surface area contributed by atoms with Crippen molar-refractivity contribution in [3.8, 4) is 11.5 Å². The van der Waals surface area contributed by atoms with Gasteiger partial charge in [-0.05, 0) is 37.6 Å². The Bertz CT molecular complexity index is 448. The van der Waals surface area contributed by atoms with Gasteiger partial charge in [0.15, 0.2) is 0 Å². The molecule has 1 saturated heterocycles. The molecule has 6 heteroatoms. The van der Waals surface area contributed by atoms with Crippen LogP contribution in [-0.4, -0.2) is 39.8 Å². The lowest BCUT2D eigenvalue weighted by Crippen LogP contribution is -2.30. The molecule has 112 valence electrons. The van der Waals surface area contributed by atoms with Crippen LogP contribution in [0.4, 0.5) is 0 Å². The zero-order valence-electron chi connectivity index (χ0n) is 11.8. The second-order valence-electron chi connectivity index (χ2n) is 4.64. The van der Waals surface area contributed by atoms with Gasteiger partial charge in [0.2, 0.25) is 0 Å². The molecule has 2 rings (SSSR count). The molecule has 0 saturated carbocycles. The highest BCUT2D eigenvalue weighted by Crippen LogP contribution is 2.24. The van der Waals surface area contributed by atoms with E-state index in [1.54, 1.807) is 32.4 Å². The molecular weight excluding hydrogens is 280 g/mol. The van der Waals surface area contributed by atoms with Gasteiger partial charge in [0, 0.05) is 12.6 Å². The van der Waals surface area contributed by atoms with Gasteiger partial charge in [-0.2, -0.15) is 0 Å². The van der Waals surface area contributed by atoms with Crippen LogP contribution < -0.4 is 20.1 Å². The van der Waals surface area contributed by atoms with Crippen LogP contribution in [0.25, 0.3) is 0 Å². The number of methoxy groups -OCH3 is 2. The fourth-order valence-electron chi connectivity index (χ4n) is 2.21. The first-order valence-corrected chi connectivity index (χ1v) is 6.45. The van der Waals surface area contributed by atoms with Crippen molar-refractivity contribution in [3.63, 3.8) is 0 Å². The van der Waals surface area contributed by atoms with E-state index in [9.17, 15) is 4.79 Å². The highest BCUT2D eigenvalue weighted by Gasteiger charge is 2.17. The van der Waals surface area contributed by atoms with Crippen LogP contribution in [0, 0.1) is 5.92 Å². The van der Waals surface area contributed by atoms with Gasteiger partial charge >= 0.3 is 0 Å². The zero-order chi connectivity index (χ0) is 13.7. The first-order valence-electron chi connectivity index (χ1n) is 6.45. The number of halogens is 1. The van der Waals surface area contributed by atoms with E-state index in [2.05, 4.69) is 10.6 Å². The van der Waals surface area contributed by atoms with E-state index in [4.69, 9.17) is 9.47 Å². The Hall–Kier alpha value is -1.46. The monoisotopic (exact) mass is 300 g/mol. The van der Waals surface area contributed by atoms with Crippen molar-refractivity contribution in [2.45, 2.75) is 6.42 Å². The molecule has 1 aliphatic rings. The van der Waals surface area contributed by atoms with Gasteiger partial charge in [0.25, 0.3) is 5.91 Å². The molecule has 1 atom stereocenters. The maximum absolute atomic E-state index is 12.1. The molecule has 1 heterocycles. The molecule has 0 bridgehead atoms. The molecule has 1 aromatic carbocycles. The minimum absolute atomic E-state index is 0. The first kappa shape index (κ1) is 16.6. The van der Waals surface area contributed by atoms with Crippen LogP contribution in [0.2, 0.25) is 0 Å². The molecule has 20 heavy (non-hydrogen) atoms. The lowest BCUT2D eigenvalue weighted by molar-refractivity contribution is 0.0945. The Balaban J connectivity index is 0.00000200. The van der Waals surface area contributed by atoms with Crippen molar-refractivity contribution in [3.05, 3.63) is 23.8 Å². The number of hydrogen-bond acceptors (Lipinski definition) is 4. The zero-order valence-corrected chi connectivity index (χ0v) is 12.6. The molecule has 0 aliphatic carbocycles. The summed E-state index contributed by atoms with van der Waals surface area (Å²) >= 11 is 0. The molecular formula is C14H21ClN2O3. The standard InChI is InChI=1S/C14H20N2O3.ClH/c1-18-11-3-4-12(13(7-11)19-2)14(17)16-9-10-5-6-15-8-10;/h3-4,7,10,15H,5-6,8-9H2,1-2H3,(H,16,17);1H. The summed E-state index contributed by atoms with van der Waals surface area (Å²) in [6, 6.07) is 5.19. The Morgan fingerprint density at radius 1 is 1.40 bits per heavy atom. The number of nitrogens with one attached hydrogen (secondary N) is 2. The minimum atomic E-state index is -0.105. The predicted octanol–water partition coefficient (Wildman–Crippen LogP) is 1.46. The molecule has 5 nitrogen and oxygen atoms in total. The summed E-state index contributed by atoms with van der Waals surface area (Å²) in [7, 11) is 3.13. The van der Waals surface area contributed by atoms with E-state index in [0.29, 0.717) is 29.5 Å². The van der Waals surface area contributed by atoms with Gasteiger partial charge < -0.3 is 20.1 Å². The number of ether oxygens (including phenoxy) is 2. The normalized spacial score (nSPS) is 17.2. The van der Waals surface area contributed by atoms with Crippen LogP contribution in [0.15, 0.2) is 18.2 Å². The molecule has 0 radical (unpaired) electrons. The smallest absolute Gasteiger partial charge is 0.255 e. The largest absolute Gasteiger partial charge is 0.497 e. The summed E-state index contributed by atoms with van der Waals surface area (Å²) in [5.74, 6) is 1.62. The molecule has 0 spiro atoms. The number of rotatable bonds is 5. The number of carbonyl (C=O) groups excluding carboxylic acids is 1. The van der Waals surface area contributed by atoms with Gasteiger partial charge in [-0.25, -0.2) is 0 Å². The quantitative estimate of drug-likeness (QED) is 0.864. The number of benzene rings is 1. The fraction of sp³-hybridized carbons (Fsp3) is 0.500. The fourth-order valence-corrected chi connectivity index (χ4v) is 2.21. The average Bonchev–Trinajstić information content (AvgIpc) is 2.97. The number of carbonyl (C=O) groups is 1. The van der Waals surface area contributed by atoms with E-state index < -0.39 is 0 Å². The Labute approximate surface area is 125 Å². The third-order valence-electron chi connectivity index (χ3n) is 3.37. The molecule has 1 aromatic rings. The maximum atomic E-state index is 12.1. The molecule has 2 N–H and O–H groups in total. The molecule has 1 unspecified atom stereocenters. The topological polar surface area (TPSA) is 59.6 Å². The van der Waals surface area contributed by atoms with Crippen molar-refractivity contribution >= 4 is 18.3 Å². The van der Waals surface area contributed by atoms with Gasteiger partial charge in [0.05, 0.1) is 19.8 Å². The van der Waals surface area contributed by atoms with Crippen molar-refractivity contribution < 1.29 is 14.3 Å². The number of hydrogen-bond donors (Lipinski definition) is 2. The van der Waals surface area contributed by atoms with Crippen LogP contribution in [-0.2, 0) is 0 Å². The van der Waals surface area contributed by atoms with E-state index in [-0.39, 0.29) is 18.3 Å². The summed E-state index contributed by atoms with van der Waals surface area (Å²) in [6.45, 7) is 2.70. The van der Waals surface area contributed by atoms with Crippen molar-refractivity contribution in [1.82, 2.24) is 10.6 Å². The van der Waals surface area contributed by atoms with Crippen molar-refractivity contribution in [1.29, 1.82) is 0 Å². The first-order chi connectivity index (χ1) is 9.24. The predicted molar refractivity (Wildman–Crippen MR) is 80.1 cm³/mol. The van der Waals surface area contributed by atoms with E-state index >= 15 is 0 Å². The lowest BCUT2D eigenvalue weighted by Gasteiger charge is -2.13. The molecule has 0 aromatic heterocycles. The maximum Gasteiger partial charge on any atom is 0.255 e. The summed E-state index contributed by atoms with van der Waals surface area (Å²) < 4.78 is 10.3. The van der Waals surface area contributed by atoms with Crippen LogP contribution in [0.3, 0.4) is 0 Å². The second-order valence-corrected chi connectivity index (χ2v) is 4.64. The molecule has 1 fully saturated rings. The molecule has 1 aliphatic heterocycles. The summed E-state index contributed by atoms with van der Waals surface area (Å²) in [5.41, 5.74) is 0.536.